The van der Waals surface area contributed by atoms with Crippen LogP contribution in [0.4, 0.5) is 4.79 Å². The molecule has 1 aromatic carbocycles. The van der Waals surface area contributed by atoms with Crippen LogP contribution in [-0.2, 0) is 15.0 Å². The molecule has 4 heteroatoms. The van der Waals surface area contributed by atoms with E-state index in [9.17, 15) is 4.79 Å². The molecule has 1 fully saturated rings. The summed E-state index contributed by atoms with van der Waals surface area (Å²) >= 11 is 0. The van der Waals surface area contributed by atoms with E-state index in [0.29, 0.717) is 13.2 Å². The van der Waals surface area contributed by atoms with Gasteiger partial charge in [-0.05, 0) is 18.4 Å². The Kier molecular flexibility index (Phi) is 3.64. The highest BCUT2D eigenvalue weighted by Gasteiger charge is 2.36. The van der Waals surface area contributed by atoms with Crippen molar-refractivity contribution in [1.82, 2.24) is 5.32 Å². The molecule has 0 saturated carbocycles. The molecule has 0 aliphatic carbocycles. The summed E-state index contributed by atoms with van der Waals surface area (Å²) in [7, 11) is 1.38. The second-order valence-corrected chi connectivity index (χ2v) is 4.18. The van der Waals surface area contributed by atoms with Crippen molar-refractivity contribution in [2.75, 3.05) is 20.3 Å². The van der Waals surface area contributed by atoms with Crippen molar-refractivity contribution in [2.45, 2.75) is 18.4 Å². The molecule has 0 atom stereocenters. The zero-order valence-electron chi connectivity index (χ0n) is 9.94. The summed E-state index contributed by atoms with van der Waals surface area (Å²) in [5, 5.41) is 2.96. The molecular weight excluding hydrogens is 218 g/mol. The molecule has 1 aliphatic heterocycles. The fraction of sp³-hybridized carbons (Fsp3) is 0.462. The van der Waals surface area contributed by atoms with Crippen LogP contribution in [-0.4, -0.2) is 26.4 Å². The minimum absolute atomic E-state index is 0.355. The second kappa shape index (κ2) is 5.19. The van der Waals surface area contributed by atoms with Crippen molar-refractivity contribution in [3.05, 3.63) is 35.9 Å². The van der Waals surface area contributed by atoms with Crippen LogP contribution >= 0.6 is 0 Å². The van der Waals surface area contributed by atoms with E-state index < -0.39 is 6.09 Å². The Labute approximate surface area is 101 Å². The fourth-order valence-corrected chi connectivity index (χ4v) is 2.21. The molecule has 1 amide bonds. The maximum Gasteiger partial charge on any atom is 0.407 e. The number of methoxy groups -OCH3 is 1. The molecule has 17 heavy (non-hydrogen) atoms. The third-order valence-electron chi connectivity index (χ3n) is 3.20. The van der Waals surface area contributed by atoms with Gasteiger partial charge < -0.3 is 14.8 Å². The number of hydrogen-bond acceptors (Lipinski definition) is 3. The van der Waals surface area contributed by atoms with Crippen LogP contribution in [0.3, 0.4) is 0 Å². The van der Waals surface area contributed by atoms with Crippen molar-refractivity contribution in [3.8, 4) is 0 Å². The van der Waals surface area contributed by atoms with Gasteiger partial charge >= 0.3 is 6.09 Å². The van der Waals surface area contributed by atoms with Gasteiger partial charge in [-0.3, -0.25) is 0 Å². The zero-order chi connectivity index (χ0) is 12.1. The van der Waals surface area contributed by atoms with Crippen LogP contribution in [0.2, 0.25) is 0 Å². The maximum atomic E-state index is 11.5. The van der Waals surface area contributed by atoms with Gasteiger partial charge in [-0.25, -0.2) is 4.79 Å². The lowest BCUT2D eigenvalue weighted by Crippen LogP contribution is -2.49. The molecule has 0 spiro atoms. The summed E-state index contributed by atoms with van der Waals surface area (Å²) in [5.74, 6) is 0. The molecule has 0 bridgehead atoms. The van der Waals surface area contributed by atoms with Gasteiger partial charge in [-0.1, -0.05) is 30.3 Å². The smallest absolute Gasteiger partial charge is 0.407 e. The fourth-order valence-electron chi connectivity index (χ4n) is 2.21. The number of amides is 1. The molecule has 2 rings (SSSR count). The van der Waals surface area contributed by atoms with Crippen molar-refractivity contribution in [3.63, 3.8) is 0 Å². The number of hydrogen-bond donors (Lipinski definition) is 1. The number of ether oxygens (including phenoxy) is 2. The summed E-state index contributed by atoms with van der Waals surface area (Å²) in [6, 6.07) is 9.98. The molecule has 1 aromatic rings. The zero-order valence-corrected chi connectivity index (χ0v) is 9.94. The van der Waals surface area contributed by atoms with E-state index >= 15 is 0 Å². The van der Waals surface area contributed by atoms with Crippen molar-refractivity contribution < 1.29 is 14.3 Å². The molecule has 1 N–H and O–H groups in total. The Morgan fingerprint density at radius 1 is 1.29 bits per heavy atom. The van der Waals surface area contributed by atoms with Gasteiger partial charge in [0.1, 0.15) is 0 Å². The molecule has 0 radical (unpaired) electrons. The summed E-state index contributed by atoms with van der Waals surface area (Å²) in [5.41, 5.74) is 0.751. The normalized spacial score (nSPS) is 18.4. The number of carbonyl (C=O) groups is 1. The van der Waals surface area contributed by atoms with Crippen LogP contribution in [0, 0.1) is 0 Å². The van der Waals surface area contributed by atoms with E-state index in [1.165, 1.54) is 7.11 Å². The van der Waals surface area contributed by atoms with Gasteiger partial charge in [0.25, 0.3) is 0 Å². The predicted molar refractivity (Wildman–Crippen MR) is 63.7 cm³/mol. The quantitative estimate of drug-likeness (QED) is 0.853. The second-order valence-electron chi connectivity index (χ2n) is 4.18. The van der Waals surface area contributed by atoms with E-state index in [-0.39, 0.29) is 5.54 Å². The molecule has 0 unspecified atom stereocenters. The Hall–Kier alpha value is -1.55. The van der Waals surface area contributed by atoms with E-state index in [0.717, 1.165) is 18.4 Å². The lowest BCUT2D eigenvalue weighted by molar-refractivity contribution is 0.0357. The van der Waals surface area contributed by atoms with Crippen molar-refractivity contribution in [2.24, 2.45) is 0 Å². The van der Waals surface area contributed by atoms with Gasteiger partial charge in [0, 0.05) is 13.2 Å². The lowest BCUT2D eigenvalue weighted by atomic mass is 9.83. The minimum Gasteiger partial charge on any atom is -0.453 e. The van der Waals surface area contributed by atoms with Crippen molar-refractivity contribution in [1.29, 1.82) is 0 Å². The van der Waals surface area contributed by atoms with Gasteiger partial charge in [-0.2, -0.15) is 0 Å². The lowest BCUT2D eigenvalue weighted by Gasteiger charge is -2.37. The SMILES string of the molecule is COC(=O)NC1(c2ccccc2)CCOCC1. The Morgan fingerprint density at radius 3 is 2.53 bits per heavy atom. The average Bonchev–Trinajstić information content (AvgIpc) is 2.40. The number of rotatable bonds is 2. The van der Waals surface area contributed by atoms with Crippen LogP contribution < -0.4 is 5.32 Å². The molecule has 1 heterocycles. The summed E-state index contributed by atoms with van der Waals surface area (Å²) in [6.07, 6.45) is 1.15. The molecule has 0 aromatic heterocycles. The molecule has 1 saturated heterocycles. The Morgan fingerprint density at radius 2 is 1.94 bits per heavy atom. The summed E-state index contributed by atoms with van der Waals surface area (Å²) in [6.45, 7) is 1.30. The van der Waals surface area contributed by atoms with E-state index in [1.54, 1.807) is 0 Å². The Bertz CT molecular complexity index is 372. The maximum absolute atomic E-state index is 11.5. The monoisotopic (exact) mass is 235 g/mol. The van der Waals surface area contributed by atoms with Crippen LogP contribution in [0.5, 0.6) is 0 Å². The predicted octanol–water partition coefficient (Wildman–Crippen LogP) is 2.05. The summed E-state index contributed by atoms with van der Waals surface area (Å²) < 4.78 is 10.1. The van der Waals surface area contributed by atoms with Gasteiger partial charge in [0.05, 0.1) is 12.6 Å². The minimum atomic E-state index is -0.393. The molecular formula is C13H17NO3. The Balaban J connectivity index is 2.26. The average molecular weight is 235 g/mol. The third-order valence-corrected chi connectivity index (χ3v) is 3.20. The van der Waals surface area contributed by atoms with Crippen molar-refractivity contribution >= 4 is 6.09 Å². The first-order valence-corrected chi connectivity index (χ1v) is 5.76. The number of nitrogens with one attached hydrogen (secondary N) is 1. The van der Waals surface area contributed by atoms with Gasteiger partial charge in [0.2, 0.25) is 0 Å². The highest BCUT2D eigenvalue weighted by molar-refractivity contribution is 5.68. The highest BCUT2D eigenvalue weighted by atomic mass is 16.5. The molecule has 1 aliphatic rings. The number of carbonyl (C=O) groups excluding carboxylic acids is 1. The van der Waals surface area contributed by atoms with E-state index in [2.05, 4.69) is 5.32 Å². The summed E-state index contributed by atoms with van der Waals surface area (Å²) in [4.78, 5) is 11.5. The number of benzene rings is 1. The third kappa shape index (κ3) is 2.58. The highest BCUT2D eigenvalue weighted by Crippen LogP contribution is 2.32. The standard InChI is InChI=1S/C13H17NO3/c1-16-12(15)14-13(7-9-17-10-8-13)11-5-3-2-4-6-11/h2-6H,7-10H2,1H3,(H,14,15). The topological polar surface area (TPSA) is 47.6 Å². The largest absolute Gasteiger partial charge is 0.453 e. The first kappa shape index (κ1) is 11.9. The van der Waals surface area contributed by atoms with Crippen LogP contribution in [0.15, 0.2) is 30.3 Å². The first-order valence-electron chi connectivity index (χ1n) is 5.76. The van der Waals surface area contributed by atoms with E-state index in [4.69, 9.17) is 9.47 Å². The molecule has 92 valence electrons. The van der Waals surface area contributed by atoms with Crippen LogP contribution in [0.25, 0.3) is 0 Å². The van der Waals surface area contributed by atoms with Crippen LogP contribution in [0.1, 0.15) is 18.4 Å². The number of alkyl carbamates (subject to hydrolysis) is 1. The molecule has 4 nitrogen and oxygen atoms in total. The van der Waals surface area contributed by atoms with Gasteiger partial charge in [-0.15, -0.1) is 0 Å². The first-order chi connectivity index (χ1) is 8.27. The van der Waals surface area contributed by atoms with Gasteiger partial charge in [0.15, 0.2) is 0 Å². The van der Waals surface area contributed by atoms with E-state index in [1.807, 2.05) is 30.3 Å².